The first-order valence-corrected chi connectivity index (χ1v) is 6.72. The summed E-state index contributed by atoms with van der Waals surface area (Å²) >= 11 is 0. The molecule has 21 heavy (non-hydrogen) atoms. The molecule has 1 aliphatic rings. The third kappa shape index (κ3) is 4.70. The van der Waals surface area contributed by atoms with E-state index in [1.54, 1.807) is 24.3 Å². The fraction of sp³-hybridized carbons (Fsp3) is 0.429. The Hall–Kier alpha value is -1.63. The van der Waals surface area contributed by atoms with Crippen LogP contribution in [0.4, 0.5) is 5.69 Å². The van der Waals surface area contributed by atoms with Gasteiger partial charge in [0.1, 0.15) is 6.10 Å². The number of halogens is 1. The van der Waals surface area contributed by atoms with Crippen LogP contribution in [0, 0.1) is 0 Å². The van der Waals surface area contributed by atoms with E-state index in [4.69, 9.17) is 4.74 Å². The first-order chi connectivity index (χ1) is 9.72. The minimum Gasteiger partial charge on any atom is -0.366 e. The summed E-state index contributed by atoms with van der Waals surface area (Å²) in [4.78, 5) is 24.0. The predicted octanol–water partition coefficient (Wildman–Crippen LogP) is 0.785. The molecule has 2 amide bonds. The van der Waals surface area contributed by atoms with E-state index in [9.17, 15) is 9.59 Å². The highest BCUT2D eigenvalue weighted by Gasteiger charge is 2.23. The summed E-state index contributed by atoms with van der Waals surface area (Å²) in [6.07, 6.45) is -0.522. The van der Waals surface area contributed by atoms with Gasteiger partial charge in [-0.2, -0.15) is 0 Å². The van der Waals surface area contributed by atoms with Crippen molar-refractivity contribution in [3.8, 4) is 0 Å². The fourth-order valence-electron chi connectivity index (χ4n) is 1.99. The molecule has 0 radical (unpaired) electrons. The summed E-state index contributed by atoms with van der Waals surface area (Å²) in [5, 5.41) is 8.57. The van der Waals surface area contributed by atoms with Crippen molar-refractivity contribution >= 4 is 29.9 Å². The standard InChI is InChI=1S/C14H19N3O3.ClH/c1-2-16-13(18)10-5-3-4-6-11(10)17-14(19)12-9-15-7-8-20-12;/h3-6,12,15H,2,7-9H2,1H3,(H,16,18)(H,17,19);1H. The third-order valence-electron chi connectivity index (χ3n) is 2.99. The molecule has 1 aliphatic heterocycles. The highest BCUT2D eigenvalue weighted by molar-refractivity contribution is 6.04. The van der Waals surface area contributed by atoms with Gasteiger partial charge in [-0.1, -0.05) is 12.1 Å². The Bertz CT molecular complexity index is 490. The van der Waals surface area contributed by atoms with Gasteiger partial charge < -0.3 is 20.7 Å². The summed E-state index contributed by atoms with van der Waals surface area (Å²) in [7, 11) is 0. The molecule has 0 bridgehead atoms. The van der Waals surface area contributed by atoms with Crippen molar-refractivity contribution in [1.29, 1.82) is 0 Å². The molecule has 1 saturated heterocycles. The van der Waals surface area contributed by atoms with E-state index in [-0.39, 0.29) is 24.2 Å². The molecular formula is C14H20ClN3O3. The zero-order valence-electron chi connectivity index (χ0n) is 11.8. The first kappa shape index (κ1) is 17.4. The highest BCUT2D eigenvalue weighted by Crippen LogP contribution is 2.15. The molecule has 3 N–H and O–H groups in total. The van der Waals surface area contributed by atoms with Crippen LogP contribution in [0.3, 0.4) is 0 Å². The molecule has 0 saturated carbocycles. The number of nitrogens with one attached hydrogen (secondary N) is 3. The summed E-state index contributed by atoms with van der Waals surface area (Å²) < 4.78 is 5.38. The van der Waals surface area contributed by atoms with Crippen LogP contribution < -0.4 is 16.0 Å². The maximum Gasteiger partial charge on any atom is 0.254 e. The molecule has 2 rings (SSSR count). The lowest BCUT2D eigenvalue weighted by molar-refractivity contribution is -0.128. The normalized spacial score (nSPS) is 17.5. The number of morpholine rings is 1. The van der Waals surface area contributed by atoms with E-state index < -0.39 is 6.10 Å². The maximum absolute atomic E-state index is 12.1. The van der Waals surface area contributed by atoms with Gasteiger partial charge in [-0.3, -0.25) is 9.59 Å². The Morgan fingerprint density at radius 1 is 1.38 bits per heavy atom. The van der Waals surface area contributed by atoms with Gasteiger partial charge in [0.25, 0.3) is 11.8 Å². The van der Waals surface area contributed by atoms with Crippen molar-refractivity contribution in [3.05, 3.63) is 29.8 Å². The number of ether oxygens (including phenoxy) is 1. The second kappa shape index (κ2) is 8.61. The van der Waals surface area contributed by atoms with E-state index in [0.717, 1.165) is 6.54 Å². The first-order valence-electron chi connectivity index (χ1n) is 6.72. The number of para-hydroxylation sites is 1. The molecular weight excluding hydrogens is 294 g/mol. The lowest BCUT2D eigenvalue weighted by atomic mass is 10.1. The molecule has 1 fully saturated rings. The summed E-state index contributed by atoms with van der Waals surface area (Å²) in [5.74, 6) is -0.444. The molecule has 0 aliphatic carbocycles. The van der Waals surface area contributed by atoms with Crippen LogP contribution in [0.5, 0.6) is 0 Å². The molecule has 1 unspecified atom stereocenters. The second-order valence-electron chi connectivity index (χ2n) is 4.46. The number of anilines is 1. The fourth-order valence-corrected chi connectivity index (χ4v) is 1.99. The van der Waals surface area contributed by atoms with Crippen LogP contribution in [0.25, 0.3) is 0 Å². The van der Waals surface area contributed by atoms with Crippen molar-refractivity contribution in [3.63, 3.8) is 0 Å². The van der Waals surface area contributed by atoms with Crippen molar-refractivity contribution in [2.24, 2.45) is 0 Å². The van der Waals surface area contributed by atoms with E-state index in [0.29, 0.717) is 30.9 Å². The van der Waals surface area contributed by atoms with Crippen molar-refractivity contribution in [2.75, 3.05) is 31.6 Å². The molecule has 1 aromatic rings. The summed E-state index contributed by atoms with van der Waals surface area (Å²) in [6.45, 7) is 4.13. The van der Waals surface area contributed by atoms with Crippen molar-refractivity contribution < 1.29 is 14.3 Å². The average molecular weight is 314 g/mol. The van der Waals surface area contributed by atoms with Gasteiger partial charge >= 0.3 is 0 Å². The lowest BCUT2D eigenvalue weighted by Crippen LogP contribution is -2.45. The number of rotatable bonds is 4. The van der Waals surface area contributed by atoms with Crippen LogP contribution in [0.15, 0.2) is 24.3 Å². The smallest absolute Gasteiger partial charge is 0.254 e. The molecule has 1 heterocycles. The minimum atomic E-state index is -0.522. The van der Waals surface area contributed by atoms with E-state index >= 15 is 0 Å². The van der Waals surface area contributed by atoms with Crippen LogP contribution in [-0.2, 0) is 9.53 Å². The van der Waals surface area contributed by atoms with Gasteiger partial charge in [0.05, 0.1) is 17.9 Å². The van der Waals surface area contributed by atoms with Gasteiger partial charge in [0.2, 0.25) is 0 Å². The molecule has 116 valence electrons. The van der Waals surface area contributed by atoms with Crippen LogP contribution in [0.2, 0.25) is 0 Å². The molecule has 0 spiro atoms. The summed E-state index contributed by atoms with van der Waals surface area (Å²) in [5.41, 5.74) is 0.948. The van der Waals surface area contributed by atoms with Crippen LogP contribution in [-0.4, -0.2) is 44.2 Å². The van der Waals surface area contributed by atoms with Crippen molar-refractivity contribution in [2.45, 2.75) is 13.0 Å². The average Bonchev–Trinajstić information content (AvgIpc) is 2.49. The van der Waals surface area contributed by atoms with Crippen molar-refractivity contribution in [1.82, 2.24) is 10.6 Å². The maximum atomic E-state index is 12.1. The van der Waals surface area contributed by atoms with E-state index in [2.05, 4.69) is 16.0 Å². The molecule has 6 nitrogen and oxygen atoms in total. The third-order valence-corrected chi connectivity index (χ3v) is 2.99. The number of carbonyl (C=O) groups is 2. The minimum absolute atomic E-state index is 0. The lowest BCUT2D eigenvalue weighted by Gasteiger charge is -2.23. The molecule has 0 aromatic heterocycles. The monoisotopic (exact) mass is 313 g/mol. The highest BCUT2D eigenvalue weighted by atomic mass is 35.5. The number of hydrogen-bond acceptors (Lipinski definition) is 4. The Labute approximate surface area is 130 Å². The number of amides is 2. The Morgan fingerprint density at radius 3 is 2.81 bits per heavy atom. The van der Waals surface area contributed by atoms with Gasteiger partial charge in [-0.05, 0) is 19.1 Å². The van der Waals surface area contributed by atoms with Gasteiger partial charge in [-0.25, -0.2) is 0 Å². The Kier molecular flexibility index (Phi) is 7.14. The van der Waals surface area contributed by atoms with Gasteiger partial charge in [0, 0.05) is 19.6 Å². The van der Waals surface area contributed by atoms with E-state index in [1.807, 2.05) is 6.92 Å². The van der Waals surface area contributed by atoms with Crippen LogP contribution >= 0.6 is 12.4 Å². The summed E-state index contributed by atoms with van der Waals surface area (Å²) in [6, 6.07) is 6.93. The second-order valence-corrected chi connectivity index (χ2v) is 4.46. The Morgan fingerprint density at radius 2 is 2.14 bits per heavy atom. The van der Waals surface area contributed by atoms with Gasteiger partial charge in [-0.15, -0.1) is 12.4 Å². The topological polar surface area (TPSA) is 79.5 Å². The number of carbonyl (C=O) groups excluding carboxylic acids is 2. The molecule has 1 atom stereocenters. The quantitative estimate of drug-likeness (QED) is 0.767. The zero-order valence-corrected chi connectivity index (χ0v) is 12.7. The van der Waals surface area contributed by atoms with Gasteiger partial charge in [0.15, 0.2) is 0 Å². The largest absolute Gasteiger partial charge is 0.366 e. The molecule has 1 aromatic carbocycles. The number of benzene rings is 1. The number of hydrogen-bond donors (Lipinski definition) is 3. The predicted molar refractivity (Wildman–Crippen MR) is 82.9 cm³/mol. The van der Waals surface area contributed by atoms with Crippen LogP contribution in [0.1, 0.15) is 17.3 Å². The molecule has 7 heteroatoms. The zero-order chi connectivity index (χ0) is 14.4. The SMILES string of the molecule is CCNC(=O)c1ccccc1NC(=O)C1CNCCO1.Cl. The Balaban J connectivity index is 0.00000220. The van der Waals surface area contributed by atoms with E-state index in [1.165, 1.54) is 0 Å².